The Hall–Kier alpha value is -0.450. The predicted octanol–water partition coefficient (Wildman–Crippen LogP) is 3.86. The van der Waals surface area contributed by atoms with E-state index < -0.39 is 0 Å². The summed E-state index contributed by atoms with van der Waals surface area (Å²) in [4.78, 5) is 0. The highest BCUT2D eigenvalue weighted by Gasteiger charge is 2.11. The van der Waals surface area contributed by atoms with Crippen molar-refractivity contribution in [3.8, 4) is 5.75 Å². The van der Waals surface area contributed by atoms with E-state index in [0.29, 0.717) is 34.0 Å². The molecule has 1 rings (SSSR count). The zero-order valence-electron chi connectivity index (χ0n) is 10.6. The van der Waals surface area contributed by atoms with E-state index in [0.717, 1.165) is 12.1 Å². The zero-order chi connectivity index (χ0) is 14.3. The molecule has 0 radical (unpaired) electrons. The van der Waals surface area contributed by atoms with E-state index in [4.69, 9.17) is 44.3 Å². The molecule has 0 aliphatic carbocycles. The lowest BCUT2D eigenvalue weighted by molar-refractivity contribution is 0.199. The molecule has 0 aliphatic rings. The van der Waals surface area contributed by atoms with Crippen LogP contribution in [0, 0.1) is 0 Å². The summed E-state index contributed by atoms with van der Waals surface area (Å²) in [5.41, 5.74) is 0.867. The summed E-state index contributed by atoms with van der Waals surface area (Å²) in [6, 6.07) is 3.44. The van der Waals surface area contributed by atoms with Crippen LogP contribution in [0.15, 0.2) is 23.7 Å². The first-order chi connectivity index (χ1) is 9.04. The molecule has 0 unspecified atom stereocenters. The number of nitrogens with one attached hydrogen (secondary N) is 1. The molecule has 19 heavy (non-hydrogen) atoms. The summed E-state index contributed by atoms with van der Waals surface area (Å²) in [5.74, 6) is 0.567. The Balaban J connectivity index is 2.77. The Labute approximate surface area is 128 Å². The van der Waals surface area contributed by atoms with Crippen molar-refractivity contribution in [2.45, 2.75) is 6.54 Å². The molecule has 0 saturated carbocycles. The highest BCUT2D eigenvalue weighted by atomic mass is 35.5. The quantitative estimate of drug-likeness (QED) is 0.737. The topological polar surface area (TPSA) is 30.5 Å². The van der Waals surface area contributed by atoms with Crippen molar-refractivity contribution in [1.82, 2.24) is 5.32 Å². The lowest BCUT2D eigenvalue weighted by Gasteiger charge is -2.14. The minimum atomic E-state index is 0.202. The highest BCUT2D eigenvalue weighted by Crippen LogP contribution is 2.32. The number of methoxy groups -OCH3 is 1. The molecule has 0 fully saturated rings. The van der Waals surface area contributed by atoms with Crippen LogP contribution in [0.3, 0.4) is 0 Å². The van der Waals surface area contributed by atoms with Crippen molar-refractivity contribution >= 4 is 34.8 Å². The molecule has 0 saturated heterocycles. The third-order valence-corrected chi connectivity index (χ3v) is 2.86. The first-order valence-electron chi connectivity index (χ1n) is 5.68. The van der Waals surface area contributed by atoms with Gasteiger partial charge >= 0.3 is 0 Å². The van der Waals surface area contributed by atoms with E-state index in [1.165, 1.54) is 0 Å². The molecule has 3 nitrogen and oxygen atoms in total. The lowest BCUT2D eigenvalue weighted by Crippen LogP contribution is -2.19. The van der Waals surface area contributed by atoms with Gasteiger partial charge in [-0.3, -0.25) is 0 Å². The number of ether oxygens (including phenoxy) is 2. The van der Waals surface area contributed by atoms with Gasteiger partial charge in [-0.1, -0.05) is 41.4 Å². The van der Waals surface area contributed by atoms with Gasteiger partial charge in [0.05, 0.1) is 11.6 Å². The molecule has 0 aliphatic heterocycles. The second-order valence-electron chi connectivity index (χ2n) is 3.85. The summed E-state index contributed by atoms with van der Waals surface area (Å²) in [6.45, 7) is 5.70. The van der Waals surface area contributed by atoms with Crippen LogP contribution in [0.5, 0.6) is 5.75 Å². The Kier molecular flexibility index (Phi) is 7.57. The minimum Gasteiger partial charge on any atom is -0.486 e. The Morgan fingerprint density at radius 1 is 1.37 bits per heavy atom. The normalized spacial score (nSPS) is 10.5. The summed E-state index contributed by atoms with van der Waals surface area (Å²) in [6.07, 6.45) is 0. The third-order valence-electron chi connectivity index (χ3n) is 2.26. The second-order valence-corrected chi connectivity index (χ2v) is 5.23. The van der Waals surface area contributed by atoms with Crippen LogP contribution in [-0.2, 0) is 11.3 Å². The minimum absolute atomic E-state index is 0.202. The van der Waals surface area contributed by atoms with Crippen molar-refractivity contribution in [2.75, 3.05) is 26.9 Å². The number of halogens is 3. The highest BCUT2D eigenvalue weighted by molar-refractivity contribution is 6.35. The molecule has 0 amide bonds. The van der Waals surface area contributed by atoms with Crippen molar-refractivity contribution < 1.29 is 9.47 Å². The SMILES string of the molecule is C=C(Cl)COc1c(Cl)cc(Cl)cc1CNCCOC. The lowest BCUT2D eigenvalue weighted by atomic mass is 10.2. The zero-order valence-corrected chi connectivity index (χ0v) is 12.9. The molecule has 0 heterocycles. The van der Waals surface area contributed by atoms with E-state index in [-0.39, 0.29) is 6.61 Å². The maximum atomic E-state index is 6.12. The Morgan fingerprint density at radius 3 is 2.74 bits per heavy atom. The fourth-order valence-corrected chi connectivity index (χ4v) is 2.10. The smallest absolute Gasteiger partial charge is 0.143 e. The van der Waals surface area contributed by atoms with Crippen molar-refractivity contribution in [2.24, 2.45) is 0 Å². The number of benzene rings is 1. The fraction of sp³-hybridized carbons (Fsp3) is 0.385. The van der Waals surface area contributed by atoms with Gasteiger partial charge in [0, 0.05) is 35.8 Å². The van der Waals surface area contributed by atoms with E-state index in [1.54, 1.807) is 19.2 Å². The van der Waals surface area contributed by atoms with Gasteiger partial charge in [0.1, 0.15) is 12.4 Å². The Morgan fingerprint density at radius 2 is 2.11 bits per heavy atom. The van der Waals surface area contributed by atoms with Crippen molar-refractivity contribution in [3.05, 3.63) is 39.4 Å². The second kappa shape index (κ2) is 8.67. The molecule has 1 N–H and O–H groups in total. The van der Waals surface area contributed by atoms with Gasteiger partial charge in [0.25, 0.3) is 0 Å². The fourth-order valence-electron chi connectivity index (χ4n) is 1.45. The van der Waals surface area contributed by atoms with E-state index in [9.17, 15) is 0 Å². The molecule has 6 heteroatoms. The standard InChI is InChI=1S/C13H16Cl3NO2/c1-9(14)8-19-13-10(7-17-3-4-18-2)5-11(15)6-12(13)16/h5-6,17H,1,3-4,7-8H2,2H3. The van der Waals surface area contributed by atoms with Gasteiger partial charge < -0.3 is 14.8 Å². The predicted molar refractivity (Wildman–Crippen MR) is 80.5 cm³/mol. The third kappa shape index (κ3) is 6.02. The maximum Gasteiger partial charge on any atom is 0.143 e. The summed E-state index contributed by atoms with van der Waals surface area (Å²) in [5, 5.41) is 4.63. The van der Waals surface area contributed by atoms with Crippen LogP contribution in [0.1, 0.15) is 5.56 Å². The van der Waals surface area contributed by atoms with E-state index in [1.807, 2.05) is 0 Å². The van der Waals surface area contributed by atoms with Crippen LogP contribution in [0.2, 0.25) is 10.0 Å². The van der Waals surface area contributed by atoms with E-state index >= 15 is 0 Å². The number of hydrogen-bond donors (Lipinski definition) is 1. The molecule has 0 spiro atoms. The van der Waals surface area contributed by atoms with Gasteiger partial charge in [-0.25, -0.2) is 0 Å². The molecular weight excluding hydrogens is 309 g/mol. The van der Waals surface area contributed by atoms with Gasteiger partial charge in [-0.15, -0.1) is 0 Å². The van der Waals surface area contributed by atoms with Gasteiger partial charge in [0.15, 0.2) is 0 Å². The average Bonchev–Trinajstić information content (AvgIpc) is 2.33. The first kappa shape index (κ1) is 16.6. The maximum absolute atomic E-state index is 6.12. The van der Waals surface area contributed by atoms with E-state index in [2.05, 4.69) is 11.9 Å². The van der Waals surface area contributed by atoms with Crippen molar-refractivity contribution in [1.29, 1.82) is 0 Å². The Bertz CT molecular complexity index is 438. The largest absolute Gasteiger partial charge is 0.486 e. The molecule has 1 aromatic rings. The van der Waals surface area contributed by atoms with Crippen LogP contribution in [0.25, 0.3) is 0 Å². The van der Waals surface area contributed by atoms with Gasteiger partial charge in [0.2, 0.25) is 0 Å². The number of hydrogen-bond acceptors (Lipinski definition) is 3. The average molecular weight is 325 g/mol. The van der Waals surface area contributed by atoms with Crippen molar-refractivity contribution in [3.63, 3.8) is 0 Å². The van der Waals surface area contributed by atoms with Gasteiger partial charge in [-0.2, -0.15) is 0 Å². The van der Waals surface area contributed by atoms with Crippen LogP contribution in [-0.4, -0.2) is 26.9 Å². The number of rotatable bonds is 8. The first-order valence-corrected chi connectivity index (χ1v) is 6.81. The molecule has 106 valence electrons. The summed E-state index contributed by atoms with van der Waals surface area (Å²) >= 11 is 17.8. The molecular formula is C13H16Cl3NO2. The monoisotopic (exact) mass is 323 g/mol. The molecule has 1 aromatic carbocycles. The van der Waals surface area contributed by atoms with Gasteiger partial charge in [-0.05, 0) is 12.1 Å². The molecule has 0 atom stereocenters. The van der Waals surface area contributed by atoms with Crippen LogP contribution in [0.4, 0.5) is 0 Å². The van der Waals surface area contributed by atoms with Crippen LogP contribution >= 0.6 is 34.8 Å². The summed E-state index contributed by atoms with van der Waals surface area (Å²) in [7, 11) is 1.65. The summed E-state index contributed by atoms with van der Waals surface area (Å²) < 4.78 is 10.5. The van der Waals surface area contributed by atoms with Crippen LogP contribution < -0.4 is 10.1 Å². The molecule has 0 aromatic heterocycles. The molecule has 0 bridgehead atoms.